The Kier molecular flexibility index (Phi) is 7.53. The zero-order valence-corrected chi connectivity index (χ0v) is 16.2. The summed E-state index contributed by atoms with van der Waals surface area (Å²) in [6.45, 7) is 1.46. The zero-order valence-electron chi connectivity index (χ0n) is 15.4. The van der Waals surface area contributed by atoms with Gasteiger partial charge in [0.15, 0.2) is 5.75 Å². The van der Waals surface area contributed by atoms with Crippen LogP contribution < -0.4 is 9.56 Å². The number of sulfonamides is 1. The fraction of sp³-hybridized carbons (Fsp3) is 0.263. The van der Waals surface area contributed by atoms with Crippen molar-refractivity contribution in [1.82, 2.24) is 9.79 Å². The maximum atomic E-state index is 12.2. The number of carboxylic acids is 1. The highest BCUT2D eigenvalue weighted by molar-refractivity contribution is 7.89. The number of hydroxylamine groups is 2. The summed E-state index contributed by atoms with van der Waals surface area (Å²) in [6, 6.07) is 14.9. The van der Waals surface area contributed by atoms with E-state index in [0.717, 1.165) is 10.6 Å². The molecule has 150 valence electrons. The van der Waals surface area contributed by atoms with Crippen LogP contribution in [-0.4, -0.2) is 43.6 Å². The van der Waals surface area contributed by atoms with E-state index in [0.29, 0.717) is 12.2 Å². The molecular weight excluding hydrogens is 384 g/mol. The number of hydrogen-bond donors (Lipinski definition) is 2. The van der Waals surface area contributed by atoms with Crippen LogP contribution in [0.4, 0.5) is 0 Å². The number of benzene rings is 2. The number of nitrogens with zero attached hydrogens (tertiary/aromatic N) is 1. The van der Waals surface area contributed by atoms with E-state index < -0.39 is 21.9 Å². The average molecular weight is 406 g/mol. The molecule has 9 heteroatoms. The maximum Gasteiger partial charge on any atom is 0.305 e. The Bertz CT molecular complexity index is 898. The van der Waals surface area contributed by atoms with Crippen LogP contribution in [0.1, 0.15) is 18.9 Å². The molecule has 1 amide bonds. The molecule has 2 rings (SSSR count). The van der Waals surface area contributed by atoms with Crippen molar-refractivity contribution < 1.29 is 28.0 Å². The molecule has 0 aliphatic rings. The lowest BCUT2D eigenvalue weighted by Crippen LogP contribution is -2.34. The second kappa shape index (κ2) is 9.86. The van der Waals surface area contributed by atoms with Crippen molar-refractivity contribution in [3.8, 4) is 5.75 Å². The Labute approximate surface area is 163 Å². The van der Waals surface area contributed by atoms with E-state index in [1.807, 2.05) is 0 Å². The number of rotatable bonds is 10. The first-order valence-corrected chi connectivity index (χ1v) is 10.1. The lowest BCUT2D eigenvalue weighted by molar-refractivity contribution is -0.157. The largest absolute Gasteiger partial charge is 0.481 e. The van der Waals surface area contributed by atoms with Crippen LogP contribution in [0, 0.1) is 0 Å². The van der Waals surface area contributed by atoms with Crippen LogP contribution in [0.15, 0.2) is 59.5 Å². The molecule has 0 radical (unpaired) electrons. The molecule has 0 aliphatic heterocycles. The molecule has 28 heavy (non-hydrogen) atoms. The van der Waals surface area contributed by atoms with Gasteiger partial charge in [0.2, 0.25) is 10.0 Å². The van der Waals surface area contributed by atoms with Gasteiger partial charge in [-0.3, -0.25) is 9.59 Å². The summed E-state index contributed by atoms with van der Waals surface area (Å²) in [5.41, 5.74) is 0.878. The molecule has 0 heterocycles. The van der Waals surface area contributed by atoms with Gasteiger partial charge in [0.05, 0.1) is 17.9 Å². The van der Waals surface area contributed by atoms with Crippen LogP contribution in [0.5, 0.6) is 5.75 Å². The molecular formula is C19H22N2O6S. The highest BCUT2D eigenvalue weighted by Crippen LogP contribution is 2.15. The van der Waals surface area contributed by atoms with Gasteiger partial charge in [0.25, 0.3) is 5.91 Å². The van der Waals surface area contributed by atoms with Crippen molar-refractivity contribution in [3.05, 3.63) is 60.2 Å². The molecule has 0 aliphatic carbocycles. The third kappa shape index (κ3) is 6.67. The number of amides is 1. The summed E-state index contributed by atoms with van der Waals surface area (Å²) in [7, 11) is -3.54. The number of hydrogen-bond acceptors (Lipinski definition) is 5. The predicted octanol–water partition coefficient (Wildman–Crippen LogP) is 1.82. The Morgan fingerprint density at radius 1 is 1.07 bits per heavy atom. The van der Waals surface area contributed by atoms with Crippen molar-refractivity contribution in [2.45, 2.75) is 24.7 Å². The fourth-order valence-corrected chi connectivity index (χ4v) is 3.37. The van der Waals surface area contributed by atoms with Crippen molar-refractivity contribution in [3.63, 3.8) is 0 Å². The summed E-state index contributed by atoms with van der Waals surface area (Å²) in [5.74, 6) is -1.04. The van der Waals surface area contributed by atoms with Gasteiger partial charge in [0, 0.05) is 13.5 Å². The van der Waals surface area contributed by atoms with E-state index >= 15 is 0 Å². The minimum atomic E-state index is -3.54. The van der Waals surface area contributed by atoms with Crippen molar-refractivity contribution in [2.24, 2.45) is 0 Å². The molecule has 0 unspecified atom stereocenters. The molecule has 2 N–H and O–H groups in total. The Balaban J connectivity index is 1.88. The normalized spacial score (nSPS) is 11.0. The van der Waals surface area contributed by atoms with Gasteiger partial charge in [-0.25, -0.2) is 13.1 Å². The van der Waals surface area contributed by atoms with Gasteiger partial charge in [-0.1, -0.05) is 30.3 Å². The summed E-state index contributed by atoms with van der Waals surface area (Å²) >= 11 is 0. The molecule has 2 aromatic carbocycles. The second-order valence-electron chi connectivity index (χ2n) is 5.96. The lowest BCUT2D eigenvalue weighted by Gasteiger charge is -2.20. The predicted molar refractivity (Wildman–Crippen MR) is 102 cm³/mol. The van der Waals surface area contributed by atoms with E-state index in [1.165, 1.54) is 19.1 Å². The van der Waals surface area contributed by atoms with E-state index in [-0.39, 0.29) is 24.4 Å². The number of aliphatic carboxylic acids is 1. The van der Waals surface area contributed by atoms with Crippen molar-refractivity contribution >= 4 is 21.9 Å². The average Bonchev–Trinajstić information content (AvgIpc) is 2.66. The maximum absolute atomic E-state index is 12.2. The summed E-state index contributed by atoms with van der Waals surface area (Å²) in [4.78, 5) is 27.8. The van der Waals surface area contributed by atoms with E-state index in [4.69, 9.17) is 9.94 Å². The van der Waals surface area contributed by atoms with Gasteiger partial charge in [-0.15, -0.1) is 0 Å². The Hall–Kier alpha value is -2.91. The van der Waals surface area contributed by atoms with Crippen LogP contribution in [0.3, 0.4) is 0 Å². The molecule has 0 atom stereocenters. The van der Waals surface area contributed by atoms with Crippen molar-refractivity contribution in [1.29, 1.82) is 0 Å². The molecule has 2 aromatic rings. The van der Waals surface area contributed by atoms with Gasteiger partial charge in [0.1, 0.15) is 0 Å². The first kappa shape index (κ1) is 21.4. The monoisotopic (exact) mass is 406 g/mol. The SMILES string of the molecule is CC(=O)N(CCC(=O)O)Oc1ccc(CCNS(=O)(=O)c2ccccc2)cc1. The third-order valence-corrected chi connectivity index (χ3v) is 5.26. The Morgan fingerprint density at radius 3 is 2.29 bits per heavy atom. The smallest absolute Gasteiger partial charge is 0.305 e. The van der Waals surface area contributed by atoms with Crippen molar-refractivity contribution in [2.75, 3.05) is 13.1 Å². The standard InChI is InChI=1S/C19H22N2O6S/c1-15(22)21(14-12-19(23)24)27-17-9-7-16(8-10-17)11-13-20-28(25,26)18-5-3-2-4-6-18/h2-10,20H,11-14H2,1H3,(H,23,24). The number of nitrogens with one attached hydrogen (secondary N) is 1. The molecule has 0 saturated carbocycles. The fourth-order valence-electron chi connectivity index (χ4n) is 2.32. The number of carbonyl (C=O) groups is 2. The summed E-state index contributed by atoms with van der Waals surface area (Å²) in [6.07, 6.45) is 0.251. The number of carbonyl (C=O) groups excluding carboxylic acids is 1. The summed E-state index contributed by atoms with van der Waals surface area (Å²) in [5, 5.41) is 9.70. The van der Waals surface area contributed by atoms with Gasteiger partial charge in [-0.05, 0) is 36.2 Å². The zero-order chi connectivity index (χ0) is 20.6. The van der Waals surface area contributed by atoms with Gasteiger partial charge >= 0.3 is 5.97 Å². The van der Waals surface area contributed by atoms with Crippen LogP contribution >= 0.6 is 0 Å². The van der Waals surface area contributed by atoms with Crippen LogP contribution in [0.25, 0.3) is 0 Å². The minimum Gasteiger partial charge on any atom is -0.481 e. The molecule has 0 bridgehead atoms. The quantitative estimate of drug-likeness (QED) is 0.582. The molecule has 0 spiro atoms. The first-order chi connectivity index (χ1) is 13.3. The molecule has 8 nitrogen and oxygen atoms in total. The lowest BCUT2D eigenvalue weighted by atomic mass is 10.1. The first-order valence-electron chi connectivity index (χ1n) is 8.59. The molecule has 0 aromatic heterocycles. The second-order valence-corrected chi connectivity index (χ2v) is 7.73. The van der Waals surface area contributed by atoms with E-state index in [1.54, 1.807) is 42.5 Å². The van der Waals surface area contributed by atoms with Gasteiger partial charge < -0.3 is 9.94 Å². The van der Waals surface area contributed by atoms with E-state index in [9.17, 15) is 18.0 Å². The number of carboxylic acid groups (broad SMARTS) is 1. The third-order valence-electron chi connectivity index (χ3n) is 3.78. The summed E-state index contributed by atoms with van der Waals surface area (Å²) < 4.78 is 26.9. The Morgan fingerprint density at radius 2 is 1.71 bits per heavy atom. The van der Waals surface area contributed by atoms with Crippen LogP contribution in [0.2, 0.25) is 0 Å². The van der Waals surface area contributed by atoms with E-state index in [2.05, 4.69) is 4.72 Å². The van der Waals surface area contributed by atoms with Gasteiger partial charge in [-0.2, -0.15) is 5.06 Å². The highest BCUT2D eigenvalue weighted by Gasteiger charge is 2.14. The topological polar surface area (TPSA) is 113 Å². The molecule has 0 saturated heterocycles. The minimum absolute atomic E-state index is 0.0618. The highest BCUT2D eigenvalue weighted by atomic mass is 32.2. The molecule has 0 fully saturated rings. The van der Waals surface area contributed by atoms with Crippen LogP contribution in [-0.2, 0) is 26.0 Å².